The number of hydrogen-bond donors (Lipinski definition) is 1. The standard InChI is InChI=1S/C26H41NO3/c1-18-9-12-22-25(5,14-8-15-26(22,6)23(28)29-7)20(18)11-10-19-13-16-30-21(19)17-27-24(2,3)4/h13,16,20,22,27H,1,8-12,14-15,17H2,2-7H3/t20-,22-,25+,26-/m0/s1. The number of nitrogens with one attached hydrogen (secondary N) is 1. The van der Waals surface area contributed by atoms with Gasteiger partial charge in [0.25, 0.3) is 0 Å². The van der Waals surface area contributed by atoms with E-state index in [4.69, 9.17) is 9.15 Å². The van der Waals surface area contributed by atoms with E-state index in [9.17, 15) is 4.79 Å². The first-order chi connectivity index (χ1) is 14.0. The van der Waals surface area contributed by atoms with Gasteiger partial charge in [-0.3, -0.25) is 4.79 Å². The lowest BCUT2D eigenvalue weighted by Gasteiger charge is -2.57. The Morgan fingerprint density at radius 1 is 1.33 bits per heavy atom. The highest BCUT2D eigenvalue weighted by molar-refractivity contribution is 5.77. The molecular formula is C26H41NO3. The summed E-state index contributed by atoms with van der Waals surface area (Å²) < 4.78 is 11.0. The van der Waals surface area contributed by atoms with Crippen LogP contribution < -0.4 is 5.32 Å². The second kappa shape index (κ2) is 8.53. The lowest BCUT2D eigenvalue weighted by molar-refractivity contribution is -0.168. The molecule has 0 unspecified atom stereocenters. The summed E-state index contributed by atoms with van der Waals surface area (Å²) >= 11 is 0. The van der Waals surface area contributed by atoms with Crippen LogP contribution in [0.4, 0.5) is 0 Å². The lowest BCUT2D eigenvalue weighted by Crippen LogP contribution is -2.53. The van der Waals surface area contributed by atoms with Crippen LogP contribution in [0.3, 0.4) is 0 Å². The lowest BCUT2D eigenvalue weighted by atomic mass is 9.46. The Hall–Kier alpha value is -1.55. The van der Waals surface area contributed by atoms with Gasteiger partial charge in [-0.25, -0.2) is 0 Å². The first-order valence-electron chi connectivity index (χ1n) is 11.6. The van der Waals surface area contributed by atoms with Gasteiger partial charge in [0.15, 0.2) is 0 Å². The van der Waals surface area contributed by atoms with Crippen LogP contribution in [0, 0.1) is 22.7 Å². The average Bonchev–Trinajstić information content (AvgIpc) is 3.11. The van der Waals surface area contributed by atoms with Crippen LogP contribution in [-0.2, 0) is 22.5 Å². The third-order valence-electron chi connectivity index (χ3n) is 7.99. The maximum atomic E-state index is 12.8. The molecule has 1 heterocycles. The summed E-state index contributed by atoms with van der Waals surface area (Å²) in [5.74, 6) is 1.79. The minimum atomic E-state index is -0.377. The number of allylic oxidation sites excluding steroid dienone is 1. The summed E-state index contributed by atoms with van der Waals surface area (Å²) in [6, 6.07) is 2.12. The molecule has 2 aliphatic carbocycles. The van der Waals surface area contributed by atoms with Crippen molar-refractivity contribution in [2.45, 2.75) is 91.6 Å². The molecule has 2 saturated carbocycles. The van der Waals surface area contributed by atoms with E-state index < -0.39 is 0 Å². The molecule has 4 heteroatoms. The number of ether oxygens (including phenoxy) is 1. The molecule has 0 amide bonds. The van der Waals surface area contributed by atoms with Gasteiger partial charge in [0.05, 0.1) is 25.3 Å². The molecule has 2 fully saturated rings. The topological polar surface area (TPSA) is 51.5 Å². The number of rotatable bonds is 6. The molecule has 0 aromatic carbocycles. The molecule has 4 atom stereocenters. The molecular weight excluding hydrogens is 374 g/mol. The van der Waals surface area contributed by atoms with Crippen molar-refractivity contribution in [2.75, 3.05) is 7.11 Å². The van der Waals surface area contributed by atoms with Crippen molar-refractivity contribution >= 4 is 5.97 Å². The fourth-order valence-corrected chi connectivity index (χ4v) is 6.35. The Morgan fingerprint density at radius 2 is 2.07 bits per heavy atom. The zero-order valence-electron chi connectivity index (χ0n) is 19.9. The third kappa shape index (κ3) is 4.39. The highest BCUT2D eigenvalue weighted by atomic mass is 16.5. The van der Waals surface area contributed by atoms with Gasteiger partial charge < -0.3 is 14.5 Å². The van der Waals surface area contributed by atoms with E-state index in [-0.39, 0.29) is 22.3 Å². The quantitative estimate of drug-likeness (QED) is 0.454. The molecule has 30 heavy (non-hydrogen) atoms. The molecule has 1 aromatic heterocycles. The number of aryl methyl sites for hydroxylation is 1. The Kier molecular flexibility index (Phi) is 6.57. The summed E-state index contributed by atoms with van der Waals surface area (Å²) in [5, 5.41) is 3.53. The fraction of sp³-hybridized carbons (Fsp3) is 0.731. The van der Waals surface area contributed by atoms with Crippen molar-refractivity contribution in [3.05, 3.63) is 35.8 Å². The van der Waals surface area contributed by atoms with Gasteiger partial charge in [-0.1, -0.05) is 25.5 Å². The summed E-state index contributed by atoms with van der Waals surface area (Å²) in [6.45, 7) is 16.3. The van der Waals surface area contributed by atoms with Crippen LogP contribution in [0.2, 0.25) is 0 Å². The first-order valence-corrected chi connectivity index (χ1v) is 11.6. The van der Waals surface area contributed by atoms with Crippen LogP contribution in [0.5, 0.6) is 0 Å². The molecule has 0 radical (unpaired) electrons. The van der Waals surface area contributed by atoms with Crippen molar-refractivity contribution in [1.82, 2.24) is 5.32 Å². The van der Waals surface area contributed by atoms with Crippen molar-refractivity contribution in [3.63, 3.8) is 0 Å². The monoisotopic (exact) mass is 415 g/mol. The smallest absolute Gasteiger partial charge is 0.311 e. The zero-order chi connectivity index (χ0) is 22.2. The van der Waals surface area contributed by atoms with Gasteiger partial charge in [0.1, 0.15) is 5.76 Å². The molecule has 2 aliphatic rings. The Bertz CT molecular complexity index is 773. The first kappa shape index (κ1) is 23.1. The van der Waals surface area contributed by atoms with E-state index in [1.807, 2.05) is 6.26 Å². The van der Waals surface area contributed by atoms with Crippen LogP contribution >= 0.6 is 0 Å². The Morgan fingerprint density at radius 3 is 2.73 bits per heavy atom. The fourth-order valence-electron chi connectivity index (χ4n) is 6.35. The summed E-state index contributed by atoms with van der Waals surface area (Å²) in [4.78, 5) is 12.8. The third-order valence-corrected chi connectivity index (χ3v) is 7.99. The number of carbonyl (C=O) groups excluding carboxylic acids is 1. The minimum absolute atomic E-state index is 0.0323. The van der Waals surface area contributed by atoms with Gasteiger partial charge in [-0.05, 0) is 95.1 Å². The van der Waals surface area contributed by atoms with Crippen LogP contribution in [0.15, 0.2) is 28.9 Å². The predicted molar refractivity (Wildman–Crippen MR) is 121 cm³/mol. The maximum absolute atomic E-state index is 12.8. The summed E-state index contributed by atoms with van der Waals surface area (Å²) in [6.07, 6.45) is 9.09. The van der Waals surface area contributed by atoms with E-state index in [1.54, 1.807) is 0 Å². The van der Waals surface area contributed by atoms with Gasteiger partial charge >= 0.3 is 5.97 Å². The van der Waals surface area contributed by atoms with E-state index in [1.165, 1.54) is 18.2 Å². The maximum Gasteiger partial charge on any atom is 0.311 e. The van der Waals surface area contributed by atoms with Crippen LogP contribution in [-0.4, -0.2) is 18.6 Å². The van der Waals surface area contributed by atoms with Gasteiger partial charge in [0.2, 0.25) is 0 Å². The van der Waals surface area contributed by atoms with Crippen LogP contribution in [0.1, 0.15) is 84.5 Å². The second-order valence-corrected chi connectivity index (χ2v) is 11.1. The largest absolute Gasteiger partial charge is 0.469 e. The average molecular weight is 416 g/mol. The molecule has 168 valence electrons. The second-order valence-electron chi connectivity index (χ2n) is 11.1. The number of furan rings is 1. The van der Waals surface area contributed by atoms with Crippen molar-refractivity contribution in [3.8, 4) is 0 Å². The van der Waals surface area contributed by atoms with Crippen molar-refractivity contribution in [1.29, 1.82) is 0 Å². The molecule has 3 rings (SSSR count). The molecule has 0 saturated heterocycles. The Balaban J connectivity index is 1.77. The van der Waals surface area contributed by atoms with Gasteiger partial charge in [-0.15, -0.1) is 0 Å². The van der Waals surface area contributed by atoms with Crippen molar-refractivity contribution < 1.29 is 13.9 Å². The SMILES string of the molecule is C=C1CC[C@H]2[C@](C)(CCC[C@]2(C)C(=O)OC)[C@H]1CCc1ccoc1CNC(C)(C)C. The van der Waals surface area contributed by atoms with E-state index in [0.29, 0.717) is 11.8 Å². The molecule has 1 N–H and O–H groups in total. The molecule has 0 spiro atoms. The molecule has 1 aromatic rings. The highest BCUT2D eigenvalue weighted by Gasteiger charge is 2.57. The Labute approximate surface area is 182 Å². The summed E-state index contributed by atoms with van der Waals surface area (Å²) in [5.41, 5.74) is 2.43. The minimum Gasteiger partial charge on any atom is -0.469 e. The predicted octanol–water partition coefficient (Wildman–Crippen LogP) is 6.05. The number of esters is 1. The van der Waals surface area contributed by atoms with Gasteiger partial charge in [0, 0.05) is 5.54 Å². The van der Waals surface area contributed by atoms with E-state index in [0.717, 1.165) is 57.3 Å². The number of hydrogen-bond acceptors (Lipinski definition) is 4. The summed E-state index contributed by atoms with van der Waals surface area (Å²) in [7, 11) is 1.53. The zero-order valence-corrected chi connectivity index (χ0v) is 19.9. The number of carbonyl (C=O) groups is 1. The molecule has 4 nitrogen and oxygen atoms in total. The number of fused-ring (bicyclic) bond motifs is 1. The van der Waals surface area contributed by atoms with Gasteiger partial charge in [-0.2, -0.15) is 0 Å². The van der Waals surface area contributed by atoms with E-state index >= 15 is 0 Å². The van der Waals surface area contributed by atoms with E-state index in [2.05, 4.69) is 52.6 Å². The highest BCUT2D eigenvalue weighted by Crippen LogP contribution is 2.62. The van der Waals surface area contributed by atoms with Crippen LogP contribution in [0.25, 0.3) is 0 Å². The molecule has 0 bridgehead atoms. The normalized spacial score (nSPS) is 32.0. The molecule has 0 aliphatic heterocycles. The number of methoxy groups -OCH3 is 1. The van der Waals surface area contributed by atoms with Crippen molar-refractivity contribution in [2.24, 2.45) is 22.7 Å².